The standard InChI is InChI=1S/C18H15NO3S/c1-12-2-8-16-15(10-12)19-17(23-16)9-5-13-3-6-14(7-4-13)22-11-18(20)21/h2-10H,11H2,1H3,(H,20,21)/b9-5+. The Bertz CT molecular complexity index is 866. The third-order valence-corrected chi connectivity index (χ3v) is 4.22. The summed E-state index contributed by atoms with van der Waals surface area (Å²) < 4.78 is 6.28. The molecule has 3 aromatic rings. The quantitative estimate of drug-likeness (QED) is 0.762. The number of rotatable bonds is 5. The summed E-state index contributed by atoms with van der Waals surface area (Å²) in [7, 11) is 0. The van der Waals surface area contributed by atoms with E-state index in [1.54, 1.807) is 23.5 Å². The molecule has 0 saturated heterocycles. The summed E-state index contributed by atoms with van der Waals surface area (Å²) in [6, 6.07) is 13.5. The number of aryl methyl sites for hydroxylation is 1. The normalized spacial score (nSPS) is 11.2. The lowest BCUT2D eigenvalue weighted by atomic mass is 10.2. The van der Waals surface area contributed by atoms with Crippen LogP contribution in [0.25, 0.3) is 22.4 Å². The van der Waals surface area contributed by atoms with Crippen LogP contribution in [0.15, 0.2) is 42.5 Å². The van der Waals surface area contributed by atoms with Crippen LogP contribution in [-0.4, -0.2) is 22.7 Å². The van der Waals surface area contributed by atoms with E-state index in [1.165, 1.54) is 10.3 Å². The second kappa shape index (κ2) is 6.62. The van der Waals surface area contributed by atoms with Crippen molar-refractivity contribution in [3.63, 3.8) is 0 Å². The first-order valence-corrected chi connectivity index (χ1v) is 7.92. The molecule has 0 unspecified atom stereocenters. The van der Waals surface area contributed by atoms with Gasteiger partial charge in [-0.25, -0.2) is 9.78 Å². The number of carboxylic acid groups (broad SMARTS) is 1. The van der Waals surface area contributed by atoms with Crippen molar-refractivity contribution in [3.05, 3.63) is 58.6 Å². The lowest BCUT2D eigenvalue weighted by Gasteiger charge is -2.02. The van der Waals surface area contributed by atoms with Crippen molar-refractivity contribution < 1.29 is 14.6 Å². The molecule has 0 fully saturated rings. The average molecular weight is 325 g/mol. The monoisotopic (exact) mass is 325 g/mol. The van der Waals surface area contributed by atoms with E-state index >= 15 is 0 Å². The number of carboxylic acids is 1. The molecule has 3 rings (SSSR count). The minimum absolute atomic E-state index is 0.333. The van der Waals surface area contributed by atoms with Gasteiger partial charge >= 0.3 is 5.97 Å². The number of hydrogen-bond acceptors (Lipinski definition) is 4. The predicted molar refractivity (Wildman–Crippen MR) is 92.9 cm³/mol. The maximum Gasteiger partial charge on any atom is 0.341 e. The largest absolute Gasteiger partial charge is 0.482 e. The number of ether oxygens (including phenoxy) is 1. The summed E-state index contributed by atoms with van der Waals surface area (Å²) in [6.07, 6.45) is 3.96. The van der Waals surface area contributed by atoms with Gasteiger partial charge in [0.25, 0.3) is 0 Å². The van der Waals surface area contributed by atoms with E-state index in [-0.39, 0.29) is 6.61 Å². The number of carbonyl (C=O) groups is 1. The Balaban J connectivity index is 1.72. The van der Waals surface area contributed by atoms with Crippen LogP contribution in [0.3, 0.4) is 0 Å². The van der Waals surface area contributed by atoms with Crippen molar-refractivity contribution in [2.75, 3.05) is 6.61 Å². The van der Waals surface area contributed by atoms with Gasteiger partial charge in [-0.05, 0) is 48.4 Å². The van der Waals surface area contributed by atoms with E-state index in [0.29, 0.717) is 5.75 Å². The summed E-state index contributed by atoms with van der Waals surface area (Å²) in [4.78, 5) is 15.0. The maximum absolute atomic E-state index is 10.5. The van der Waals surface area contributed by atoms with Crippen LogP contribution in [0.2, 0.25) is 0 Å². The van der Waals surface area contributed by atoms with Crippen molar-refractivity contribution in [2.24, 2.45) is 0 Å². The molecule has 2 aromatic carbocycles. The lowest BCUT2D eigenvalue weighted by Crippen LogP contribution is -2.09. The molecule has 0 atom stereocenters. The summed E-state index contributed by atoms with van der Waals surface area (Å²) >= 11 is 1.65. The first-order chi connectivity index (χ1) is 11.1. The first kappa shape index (κ1) is 15.2. The molecule has 5 heteroatoms. The van der Waals surface area contributed by atoms with Crippen molar-refractivity contribution >= 4 is 39.7 Å². The molecular weight excluding hydrogens is 310 g/mol. The third-order valence-electron chi connectivity index (χ3n) is 3.22. The zero-order chi connectivity index (χ0) is 16.2. The number of nitrogens with zero attached hydrogens (tertiary/aromatic N) is 1. The second-order valence-electron chi connectivity index (χ2n) is 5.11. The number of hydrogen-bond donors (Lipinski definition) is 1. The molecule has 1 N–H and O–H groups in total. The van der Waals surface area contributed by atoms with Gasteiger partial charge in [0, 0.05) is 0 Å². The van der Waals surface area contributed by atoms with Crippen LogP contribution in [0.1, 0.15) is 16.1 Å². The van der Waals surface area contributed by atoms with Gasteiger partial charge in [0.2, 0.25) is 0 Å². The van der Waals surface area contributed by atoms with Crippen LogP contribution in [0.4, 0.5) is 0 Å². The molecule has 0 saturated carbocycles. The van der Waals surface area contributed by atoms with Crippen LogP contribution in [-0.2, 0) is 4.79 Å². The van der Waals surface area contributed by atoms with Gasteiger partial charge < -0.3 is 9.84 Å². The molecule has 1 heterocycles. The molecule has 0 aliphatic rings. The fourth-order valence-corrected chi connectivity index (χ4v) is 2.96. The highest BCUT2D eigenvalue weighted by Crippen LogP contribution is 2.24. The van der Waals surface area contributed by atoms with E-state index < -0.39 is 5.97 Å². The molecule has 0 aliphatic heterocycles. The predicted octanol–water partition coefficient (Wildman–Crippen LogP) is 4.24. The smallest absolute Gasteiger partial charge is 0.341 e. The topological polar surface area (TPSA) is 59.4 Å². The Hall–Kier alpha value is -2.66. The summed E-state index contributed by atoms with van der Waals surface area (Å²) in [5.74, 6) is -0.444. The van der Waals surface area contributed by atoms with Crippen LogP contribution < -0.4 is 4.74 Å². The van der Waals surface area contributed by atoms with Crippen LogP contribution in [0.5, 0.6) is 5.75 Å². The Kier molecular flexibility index (Phi) is 4.39. The SMILES string of the molecule is Cc1ccc2sc(/C=C/c3ccc(OCC(=O)O)cc3)nc2c1. The molecule has 0 aliphatic carbocycles. The molecule has 1 aromatic heterocycles. The average Bonchev–Trinajstić information content (AvgIpc) is 2.94. The Morgan fingerprint density at radius 3 is 2.74 bits per heavy atom. The van der Waals surface area contributed by atoms with Crippen LogP contribution in [0, 0.1) is 6.92 Å². The first-order valence-electron chi connectivity index (χ1n) is 7.10. The summed E-state index contributed by atoms with van der Waals surface area (Å²) in [5, 5.41) is 9.53. The highest BCUT2D eigenvalue weighted by molar-refractivity contribution is 7.19. The fraction of sp³-hybridized carbons (Fsp3) is 0.111. The van der Waals surface area contributed by atoms with Gasteiger partial charge in [0.15, 0.2) is 6.61 Å². The number of benzene rings is 2. The van der Waals surface area contributed by atoms with Gasteiger partial charge in [-0.1, -0.05) is 24.3 Å². The van der Waals surface area contributed by atoms with Gasteiger partial charge in [-0.2, -0.15) is 0 Å². The molecule has 0 bridgehead atoms. The van der Waals surface area contributed by atoms with E-state index in [1.807, 2.05) is 24.3 Å². The maximum atomic E-state index is 10.5. The van der Waals surface area contributed by atoms with Crippen molar-refractivity contribution in [3.8, 4) is 5.75 Å². The number of aromatic nitrogens is 1. The van der Waals surface area contributed by atoms with E-state index in [9.17, 15) is 4.79 Å². The third kappa shape index (κ3) is 3.96. The minimum Gasteiger partial charge on any atom is -0.482 e. The Labute approximate surface area is 137 Å². The van der Waals surface area contributed by atoms with Gasteiger partial charge in [0.1, 0.15) is 10.8 Å². The fourth-order valence-electron chi connectivity index (χ4n) is 2.11. The zero-order valence-corrected chi connectivity index (χ0v) is 13.3. The number of aliphatic carboxylic acids is 1. The highest BCUT2D eigenvalue weighted by Gasteiger charge is 2.01. The molecule has 4 nitrogen and oxygen atoms in total. The Morgan fingerprint density at radius 2 is 2.00 bits per heavy atom. The lowest BCUT2D eigenvalue weighted by molar-refractivity contribution is -0.139. The molecular formula is C18H15NO3S. The van der Waals surface area contributed by atoms with Gasteiger partial charge in [-0.3, -0.25) is 0 Å². The molecule has 116 valence electrons. The van der Waals surface area contributed by atoms with E-state index in [2.05, 4.69) is 30.1 Å². The van der Waals surface area contributed by atoms with Crippen molar-refractivity contribution in [1.82, 2.24) is 4.98 Å². The van der Waals surface area contributed by atoms with Crippen molar-refractivity contribution in [1.29, 1.82) is 0 Å². The van der Waals surface area contributed by atoms with E-state index in [0.717, 1.165) is 16.1 Å². The minimum atomic E-state index is -0.986. The zero-order valence-electron chi connectivity index (χ0n) is 12.5. The molecule has 0 spiro atoms. The second-order valence-corrected chi connectivity index (χ2v) is 6.17. The van der Waals surface area contributed by atoms with Crippen molar-refractivity contribution in [2.45, 2.75) is 6.92 Å². The molecule has 0 amide bonds. The summed E-state index contributed by atoms with van der Waals surface area (Å²) in [6.45, 7) is 1.72. The van der Waals surface area contributed by atoms with Gasteiger partial charge in [-0.15, -0.1) is 11.3 Å². The molecule has 0 radical (unpaired) electrons. The number of thiazole rings is 1. The Morgan fingerprint density at radius 1 is 1.22 bits per heavy atom. The van der Waals surface area contributed by atoms with Crippen LogP contribution >= 0.6 is 11.3 Å². The molecule has 23 heavy (non-hydrogen) atoms. The number of fused-ring (bicyclic) bond motifs is 1. The highest BCUT2D eigenvalue weighted by atomic mass is 32.1. The summed E-state index contributed by atoms with van der Waals surface area (Å²) in [5.41, 5.74) is 3.23. The van der Waals surface area contributed by atoms with E-state index in [4.69, 9.17) is 9.84 Å². The van der Waals surface area contributed by atoms with Gasteiger partial charge in [0.05, 0.1) is 10.2 Å².